The molecule has 0 bridgehead atoms. The molecule has 0 aliphatic rings. The monoisotopic (exact) mass is 372 g/mol. The van der Waals surface area contributed by atoms with Crippen LogP contribution in [0.15, 0.2) is 23.6 Å². The minimum Gasteiger partial charge on any atom is -0.458 e. The van der Waals surface area contributed by atoms with Crippen LogP contribution in [0.3, 0.4) is 0 Å². The number of halogens is 2. The number of rotatable bonds is 6. The Morgan fingerprint density at radius 3 is 2.78 bits per heavy atom. The van der Waals surface area contributed by atoms with Gasteiger partial charge in [0.25, 0.3) is 5.91 Å². The normalized spacial score (nSPS) is 10.4. The molecule has 122 valence electrons. The van der Waals surface area contributed by atoms with Gasteiger partial charge in [-0.2, -0.15) is 0 Å². The molecule has 1 amide bonds. The molecule has 0 saturated heterocycles. The Bertz CT molecular complexity index is 718. The summed E-state index contributed by atoms with van der Waals surface area (Å²) >= 11 is 13.2. The van der Waals surface area contributed by atoms with Crippen molar-refractivity contribution in [2.75, 3.05) is 6.54 Å². The van der Waals surface area contributed by atoms with Crippen molar-refractivity contribution in [3.63, 3.8) is 0 Å². The Hall–Kier alpha value is -1.63. The number of amides is 1. The van der Waals surface area contributed by atoms with E-state index in [1.165, 1.54) is 23.5 Å². The Kier molecular flexibility index (Phi) is 6.38. The van der Waals surface area contributed by atoms with Gasteiger partial charge in [-0.1, -0.05) is 30.1 Å². The van der Waals surface area contributed by atoms with E-state index in [1.54, 1.807) is 6.07 Å². The van der Waals surface area contributed by atoms with Crippen LogP contribution in [0.2, 0.25) is 10.0 Å². The maximum absolute atomic E-state index is 11.9. The van der Waals surface area contributed by atoms with Crippen molar-refractivity contribution in [1.82, 2.24) is 10.3 Å². The first-order valence-corrected chi connectivity index (χ1v) is 8.45. The number of hydrogen-bond donors (Lipinski definition) is 1. The summed E-state index contributed by atoms with van der Waals surface area (Å²) in [5.41, 5.74) is 0.947. The molecule has 0 fully saturated rings. The third-order valence-electron chi connectivity index (χ3n) is 2.85. The maximum Gasteiger partial charge on any atom is 0.325 e. The van der Waals surface area contributed by atoms with E-state index < -0.39 is 11.9 Å². The van der Waals surface area contributed by atoms with E-state index in [4.69, 9.17) is 27.9 Å². The zero-order valence-electron chi connectivity index (χ0n) is 12.3. The van der Waals surface area contributed by atoms with Gasteiger partial charge in [0.1, 0.15) is 13.2 Å². The number of benzene rings is 1. The molecule has 1 N–H and O–H groups in total. The standard InChI is InChI=1S/C15H14Cl2N2O3S/c1-2-13-19-10(8-23-13)7-22-14(20)6-18-15(21)11-4-3-9(16)5-12(11)17/h3-5,8H,2,6-7H2,1H3,(H,18,21). The first-order chi connectivity index (χ1) is 11.0. The highest BCUT2D eigenvalue weighted by Gasteiger charge is 2.13. The molecule has 0 unspecified atom stereocenters. The average molecular weight is 373 g/mol. The lowest BCUT2D eigenvalue weighted by atomic mass is 10.2. The molecule has 0 saturated carbocycles. The van der Waals surface area contributed by atoms with Crippen molar-refractivity contribution in [3.05, 3.63) is 49.9 Å². The summed E-state index contributed by atoms with van der Waals surface area (Å²) in [5, 5.41) is 5.94. The second kappa shape index (κ2) is 8.29. The fourth-order valence-corrected chi connectivity index (χ4v) is 2.93. The minimum atomic E-state index is -0.547. The minimum absolute atomic E-state index is 0.0902. The molecular formula is C15H14Cl2N2O3S. The SMILES string of the molecule is CCc1nc(COC(=O)CNC(=O)c2ccc(Cl)cc2Cl)cs1. The fraction of sp³-hybridized carbons (Fsp3) is 0.267. The van der Waals surface area contributed by atoms with E-state index >= 15 is 0 Å². The summed E-state index contributed by atoms with van der Waals surface area (Å²) in [6.07, 6.45) is 0.844. The summed E-state index contributed by atoms with van der Waals surface area (Å²) in [6, 6.07) is 4.50. The van der Waals surface area contributed by atoms with Gasteiger partial charge >= 0.3 is 5.97 Å². The first-order valence-electron chi connectivity index (χ1n) is 6.81. The van der Waals surface area contributed by atoms with Crippen molar-refractivity contribution in [2.24, 2.45) is 0 Å². The van der Waals surface area contributed by atoms with Gasteiger partial charge in [-0.25, -0.2) is 4.98 Å². The van der Waals surface area contributed by atoms with Crippen molar-refractivity contribution < 1.29 is 14.3 Å². The largest absolute Gasteiger partial charge is 0.458 e. The summed E-state index contributed by atoms with van der Waals surface area (Å²) in [7, 11) is 0. The van der Waals surface area contributed by atoms with E-state index in [0.717, 1.165) is 11.4 Å². The smallest absolute Gasteiger partial charge is 0.325 e. The lowest BCUT2D eigenvalue weighted by Crippen LogP contribution is -2.30. The molecule has 5 nitrogen and oxygen atoms in total. The van der Waals surface area contributed by atoms with Crippen LogP contribution < -0.4 is 5.32 Å². The number of carbonyl (C=O) groups excluding carboxylic acids is 2. The molecule has 1 aromatic carbocycles. The number of aromatic nitrogens is 1. The summed E-state index contributed by atoms with van der Waals surface area (Å²) in [6.45, 7) is 1.85. The average Bonchev–Trinajstić information content (AvgIpc) is 2.98. The van der Waals surface area contributed by atoms with Crippen molar-refractivity contribution in [2.45, 2.75) is 20.0 Å². The third kappa shape index (κ3) is 5.20. The van der Waals surface area contributed by atoms with Gasteiger partial charge in [-0.05, 0) is 24.6 Å². The van der Waals surface area contributed by atoms with Gasteiger partial charge in [0, 0.05) is 10.4 Å². The molecule has 0 spiro atoms. The van der Waals surface area contributed by atoms with E-state index in [2.05, 4.69) is 10.3 Å². The second-order valence-corrected chi connectivity index (χ2v) is 6.34. The van der Waals surface area contributed by atoms with Gasteiger partial charge in [0.05, 0.1) is 21.3 Å². The van der Waals surface area contributed by atoms with Gasteiger partial charge in [-0.3, -0.25) is 9.59 Å². The molecule has 1 aromatic heterocycles. The van der Waals surface area contributed by atoms with Gasteiger partial charge in [-0.15, -0.1) is 11.3 Å². The van der Waals surface area contributed by atoms with Gasteiger partial charge in [0.15, 0.2) is 0 Å². The molecule has 1 heterocycles. The number of thiazole rings is 1. The van der Waals surface area contributed by atoms with Crippen LogP contribution >= 0.6 is 34.5 Å². The van der Waals surface area contributed by atoms with E-state index in [0.29, 0.717) is 10.7 Å². The maximum atomic E-state index is 11.9. The van der Waals surface area contributed by atoms with Crippen LogP contribution in [0.5, 0.6) is 0 Å². The fourth-order valence-electron chi connectivity index (χ4n) is 1.70. The Balaban J connectivity index is 1.80. The number of aryl methyl sites for hydroxylation is 1. The Labute approximate surface area is 147 Å². The van der Waals surface area contributed by atoms with E-state index in [9.17, 15) is 9.59 Å². The summed E-state index contributed by atoms with van der Waals surface area (Å²) < 4.78 is 5.06. The van der Waals surface area contributed by atoms with Crippen molar-refractivity contribution in [3.8, 4) is 0 Å². The molecule has 0 radical (unpaired) electrons. The highest BCUT2D eigenvalue weighted by atomic mass is 35.5. The first kappa shape index (κ1) is 17.7. The number of carbonyl (C=O) groups is 2. The molecule has 0 aliphatic carbocycles. The molecule has 0 aliphatic heterocycles. The number of hydrogen-bond acceptors (Lipinski definition) is 5. The Morgan fingerprint density at radius 2 is 2.13 bits per heavy atom. The number of ether oxygens (including phenoxy) is 1. The summed E-state index contributed by atoms with van der Waals surface area (Å²) in [5.74, 6) is -1.01. The quantitative estimate of drug-likeness (QED) is 0.788. The molecule has 23 heavy (non-hydrogen) atoms. The molecule has 0 atom stereocenters. The Morgan fingerprint density at radius 1 is 1.35 bits per heavy atom. The van der Waals surface area contributed by atoms with Crippen LogP contribution in [0, 0.1) is 0 Å². The number of esters is 1. The zero-order chi connectivity index (χ0) is 16.8. The molecular weight excluding hydrogens is 359 g/mol. The predicted octanol–water partition coefficient (Wildman–Crippen LogP) is 3.49. The second-order valence-electron chi connectivity index (χ2n) is 4.55. The van der Waals surface area contributed by atoms with Crippen LogP contribution in [-0.2, 0) is 22.6 Å². The van der Waals surface area contributed by atoms with Crippen LogP contribution in [0.1, 0.15) is 28.0 Å². The molecule has 2 rings (SSSR count). The van der Waals surface area contributed by atoms with Crippen molar-refractivity contribution in [1.29, 1.82) is 0 Å². The highest BCUT2D eigenvalue weighted by Crippen LogP contribution is 2.20. The molecule has 2 aromatic rings. The van der Waals surface area contributed by atoms with Gasteiger partial charge < -0.3 is 10.1 Å². The lowest BCUT2D eigenvalue weighted by molar-refractivity contribution is -0.143. The zero-order valence-corrected chi connectivity index (χ0v) is 14.6. The third-order valence-corrected chi connectivity index (χ3v) is 4.44. The van der Waals surface area contributed by atoms with E-state index in [1.807, 2.05) is 12.3 Å². The summed E-state index contributed by atoms with van der Waals surface area (Å²) in [4.78, 5) is 27.9. The lowest BCUT2D eigenvalue weighted by Gasteiger charge is -2.07. The highest BCUT2D eigenvalue weighted by molar-refractivity contribution is 7.09. The number of nitrogens with zero attached hydrogens (tertiary/aromatic N) is 1. The number of nitrogens with one attached hydrogen (secondary N) is 1. The topological polar surface area (TPSA) is 68.3 Å². The van der Waals surface area contributed by atoms with Crippen LogP contribution in [0.25, 0.3) is 0 Å². The van der Waals surface area contributed by atoms with Crippen LogP contribution in [-0.4, -0.2) is 23.4 Å². The van der Waals surface area contributed by atoms with E-state index in [-0.39, 0.29) is 23.7 Å². The molecule has 8 heteroatoms. The van der Waals surface area contributed by atoms with Crippen molar-refractivity contribution >= 4 is 46.4 Å². The predicted molar refractivity (Wildman–Crippen MR) is 90.1 cm³/mol. The van der Waals surface area contributed by atoms with Crippen LogP contribution in [0.4, 0.5) is 0 Å². The van der Waals surface area contributed by atoms with Gasteiger partial charge in [0.2, 0.25) is 0 Å².